The van der Waals surface area contributed by atoms with E-state index in [9.17, 15) is 19.2 Å². The number of nitrogens with two attached hydrogens (primary N) is 1. The van der Waals surface area contributed by atoms with Crippen LogP contribution in [0, 0.1) is 6.92 Å². The minimum absolute atomic E-state index is 0.0252. The summed E-state index contributed by atoms with van der Waals surface area (Å²) in [6.07, 6.45) is 7.83. The normalized spacial score (nSPS) is 18.1. The smallest absolute Gasteiger partial charge is 0.261 e. The highest BCUT2D eigenvalue weighted by Gasteiger charge is 2.40. The van der Waals surface area contributed by atoms with E-state index < -0.39 is 17.4 Å². The molecule has 2 aromatic rings. The van der Waals surface area contributed by atoms with E-state index in [1.807, 2.05) is 30.0 Å². The molecule has 0 spiro atoms. The molecule has 0 bridgehead atoms. The molecule has 1 aliphatic carbocycles. The number of amides is 4. The first kappa shape index (κ1) is 34.4. The molecule has 1 aliphatic heterocycles. The summed E-state index contributed by atoms with van der Waals surface area (Å²) in [7, 11) is 5.14. The number of unbranched alkanes of at least 4 members (excludes halogenated alkanes) is 2. The predicted octanol–water partition coefficient (Wildman–Crippen LogP) is 3.68. The van der Waals surface area contributed by atoms with Gasteiger partial charge in [-0.1, -0.05) is 30.4 Å². The molecule has 46 heavy (non-hydrogen) atoms. The molecule has 2 aliphatic rings. The number of carbonyl (C=O) groups excluding carboxylic acids is 4. The first-order valence-electron chi connectivity index (χ1n) is 15.7. The number of hydrogen-bond acceptors (Lipinski definition) is 7. The van der Waals surface area contributed by atoms with Gasteiger partial charge in [0.15, 0.2) is 5.60 Å². The summed E-state index contributed by atoms with van der Waals surface area (Å²) in [4.78, 5) is 57.3. The van der Waals surface area contributed by atoms with E-state index in [-0.39, 0.29) is 29.5 Å². The summed E-state index contributed by atoms with van der Waals surface area (Å²) < 4.78 is 11.8. The molecule has 4 rings (SSSR count). The molecule has 1 heterocycles. The summed E-state index contributed by atoms with van der Waals surface area (Å²) >= 11 is 0. The van der Waals surface area contributed by atoms with Gasteiger partial charge in [0, 0.05) is 58.8 Å². The fourth-order valence-corrected chi connectivity index (χ4v) is 5.58. The molecule has 4 amide bonds. The van der Waals surface area contributed by atoms with E-state index in [1.54, 1.807) is 43.5 Å². The van der Waals surface area contributed by atoms with Crippen molar-refractivity contribution in [2.45, 2.75) is 44.6 Å². The average Bonchev–Trinajstić information content (AvgIpc) is 3.06. The number of nitrogens with one attached hydrogen (secondary N) is 1. The molecule has 1 fully saturated rings. The summed E-state index contributed by atoms with van der Waals surface area (Å²) in [6, 6.07) is 12.1. The molecule has 0 aromatic heterocycles. The Morgan fingerprint density at radius 2 is 1.76 bits per heavy atom. The summed E-state index contributed by atoms with van der Waals surface area (Å²) in [6.45, 7) is 5.82. The summed E-state index contributed by atoms with van der Waals surface area (Å²) in [5, 5.41) is 2.74. The number of ether oxygens (including phenoxy) is 2. The van der Waals surface area contributed by atoms with Gasteiger partial charge in [0.25, 0.3) is 17.7 Å². The van der Waals surface area contributed by atoms with Crippen LogP contribution in [0.5, 0.6) is 5.75 Å². The van der Waals surface area contributed by atoms with Gasteiger partial charge in [0.2, 0.25) is 5.91 Å². The van der Waals surface area contributed by atoms with E-state index in [0.717, 1.165) is 51.0 Å². The zero-order valence-electron chi connectivity index (χ0n) is 27.2. The molecule has 1 unspecified atom stereocenters. The molecule has 246 valence electrons. The first-order valence-corrected chi connectivity index (χ1v) is 15.7. The molecule has 11 nitrogen and oxygen atoms in total. The standard InChI is InChI=1S/C35H45N5O6/c1-25-15-16-29(30(23-25)46-22-9-5-6-14-31(41)40-20-18-38(2)19-21-40)39(3)33(43)26-11-10-17-35(24-26,45-4)34(44)37-28-13-8-7-12-27(28)32(36)42/h7-8,10-13,15-17,23H,5-6,9,14,18-22,24H2,1-4H3,(H2,36,42)(H,37,44). The Kier molecular flexibility index (Phi) is 11.7. The number of carbonyl (C=O) groups is 4. The van der Waals surface area contributed by atoms with E-state index >= 15 is 0 Å². The van der Waals surface area contributed by atoms with Crippen LogP contribution in [0.4, 0.5) is 11.4 Å². The van der Waals surface area contributed by atoms with E-state index in [2.05, 4.69) is 17.3 Å². The van der Waals surface area contributed by atoms with E-state index in [4.69, 9.17) is 15.2 Å². The van der Waals surface area contributed by atoms with Crippen LogP contribution < -0.4 is 20.7 Å². The van der Waals surface area contributed by atoms with Crippen LogP contribution in [-0.2, 0) is 19.1 Å². The van der Waals surface area contributed by atoms with Gasteiger partial charge < -0.3 is 35.2 Å². The third-order valence-electron chi connectivity index (χ3n) is 8.51. The lowest BCUT2D eigenvalue weighted by atomic mass is 9.87. The Morgan fingerprint density at radius 3 is 2.48 bits per heavy atom. The molecule has 11 heteroatoms. The van der Waals surface area contributed by atoms with Crippen LogP contribution >= 0.6 is 0 Å². The minimum atomic E-state index is -1.48. The van der Waals surface area contributed by atoms with E-state index in [1.165, 1.54) is 18.1 Å². The number of aryl methyl sites for hydroxylation is 1. The van der Waals surface area contributed by atoms with Gasteiger partial charge >= 0.3 is 0 Å². The van der Waals surface area contributed by atoms with Crippen LogP contribution in [0.2, 0.25) is 0 Å². The number of allylic oxidation sites excluding steroid dienone is 2. The van der Waals surface area contributed by atoms with Gasteiger partial charge in [-0.3, -0.25) is 19.2 Å². The van der Waals surface area contributed by atoms with Gasteiger partial charge in [-0.15, -0.1) is 0 Å². The van der Waals surface area contributed by atoms with Crippen molar-refractivity contribution in [3.63, 3.8) is 0 Å². The highest BCUT2D eigenvalue weighted by molar-refractivity contribution is 6.09. The largest absolute Gasteiger partial charge is 0.491 e. The lowest BCUT2D eigenvalue weighted by molar-refractivity contribution is -0.133. The second kappa shape index (κ2) is 15.7. The number of piperazine rings is 1. The molecule has 1 atom stereocenters. The number of hydrogen-bond donors (Lipinski definition) is 2. The van der Waals surface area contributed by atoms with E-state index in [0.29, 0.717) is 30.0 Å². The van der Waals surface area contributed by atoms with Crippen LogP contribution in [0.25, 0.3) is 0 Å². The van der Waals surface area contributed by atoms with Crippen molar-refractivity contribution in [1.29, 1.82) is 0 Å². The van der Waals surface area contributed by atoms with Crippen LogP contribution in [-0.4, -0.2) is 93.0 Å². The van der Waals surface area contributed by atoms with Crippen molar-refractivity contribution in [2.24, 2.45) is 5.73 Å². The summed E-state index contributed by atoms with van der Waals surface area (Å²) in [5.74, 6) is -0.730. The number of primary amides is 1. The van der Waals surface area contributed by atoms with Gasteiger partial charge in [-0.05, 0) is 69.1 Å². The SMILES string of the molecule is COC1(C(=O)Nc2ccccc2C(N)=O)C=CC=C(C(=O)N(C)c2ccc(C)cc2OCCCCCC(=O)N2CCN(C)CC2)C1. The Morgan fingerprint density at radius 1 is 1.02 bits per heavy atom. The van der Waals surface area contributed by atoms with Gasteiger partial charge in [-0.25, -0.2) is 0 Å². The number of likely N-dealkylation sites (N-methyl/N-ethyl adjacent to an activating group) is 2. The first-order chi connectivity index (χ1) is 22.0. The van der Waals surface area contributed by atoms with Crippen LogP contribution in [0.3, 0.4) is 0 Å². The Hall–Kier alpha value is -4.48. The quantitative estimate of drug-likeness (QED) is 0.322. The van der Waals surface area contributed by atoms with Gasteiger partial charge in [0.1, 0.15) is 5.75 Å². The third kappa shape index (κ3) is 8.41. The Balaban J connectivity index is 1.35. The summed E-state index contributed by atoms with van der Waals surface area (Å²) in [5.41, 5.74) is 6.37. The molecule has 0 radical (unpaired) electrons. The second-order valence-corrected chi connectivity index (χ2v) is 11.9. The highest BCUT2D eigenvalue weighted by atomic mass is 16.5. The highest BCUT2D eigenvalue weighted by Crippen LogP contribution is 2.34. The lowest BCUT2D eigenvalue weighted by Crippen LogP contribution is -2.47. The van der Waals surface area contributed by atoms with Gasteiger partial charge in [-0.2, -0.15) is 0 Å². The van der Waals surface area contributed by atoms with Crippen LogP contribution in [0.15, 0.2) is 66.3 Å². The maximum Gasteiger partial charge on any atom is 0.261 e. The second-order valence-electron chi connectivity index (χ2n) is 11.9. The van der Waals surface area contributed by atoms with Crippen molar-refractivity contribution in [1.82, 2.24) is 9.80 Å². The van der Waals surface area contributed by atoms with Crippen molar-refractivity contribution >= 4 is 35.0 Å². The van der Waals surface area contributed by atoms with Gasteiger partial charge in [0.05, 0.1) is 23.5 Å². The Labute approximate surface area is 271 Å². The monoisotopic (exact) mass is 631 g/mol. The topological polar surface area (TPSA) is 135 Å². The molecular formula is C35H45N5O6. The number of para-hydroxylation sites is 1. The zero-order valence-corrected chi connectivity index (χ0v) is 27.2. The van der Waals surface area contributed by atoms with Crippen molar-refractivity contribution < 1.29 is 28.7 Å². The molecule has 1 saturated heterocycles. The van der Waals surface area contributed by atoms with Crippen LogP contribution in [0.1, 0.15) is 48.0 Å². The Bertz CT molecular complexity index is 1500. The fraction of sp³-hybridized carbons (Fsp3) is 0.429. The van der Waals surface area contributed by atoms with Crippen molar-refractivity contribution in [3.8, 4) is 5.75 Å². The number of nitrogens with zero attached hydrogens (tertiary/aromatic N) is 3. The minimum Gasteiger partial charge on any atom is -0.491 e. The average molecular weight is 632 g/mol. The number of methoxy groups -OCH3 is 1. The predicted molar refractivity (Wildman–Crippen MR) is 178 cm³/mol. The fourth-order valence-electron chi connectivity index (χ4n) is 5.58. The molecule has 2 aromatic carbocycles. The molecule has 0 saturated carbocycles. The number of anilines is 2. The molecular weight excluding hydrogens is 586 g/mol. The zero-order chi connectivity index (χ0) is 33.3. The number of rotatable bonds is 13. The number of benzene rings is 2. The third-order valence-corrected chi connectivity index (χ3v) is 8.51. The lowest BCUT2D eigenvalue weighted by Gasteiger charge is -2.32. The molecule has 3 N–H and O–H groups in total. The van der Waals surface area contributed by atoms with Crippen molar-refractivity contribution in [2.75, 3.05) is 64.2 Å². The maximum atomic E-state index is 13.8. The maximum absolute atomic E-state index is 13.8. The van der Waals surface area contributed by atoms with Crippen molar-refractivity contribution in [3.05, 3.63) is 77.4 Å².